The predicted molar refractivity (Wildman–Crippen MR) is 172 cm³/mol. The topological polar surface area (TPSA) is 111 Å². The van der Waals surface area contributed by atoms with E-state index in [9.17, 15) is 22.8 Å². The van der Waals surface area contributed by atoms with Crippen molar-refractivity contribution in [2.75, 3.05) is 36.1 Å². The fraction of sp³-hybridized carbons (Fsp3) is 0.294. The number of hydrogen-bond acceptors (Lipinski definition) is 7. The van der Waals surface area contributed by atoms with Gasteiger partial charge in [0.1, 0.15) is 11.4 Å². The Morgan fingerprint density at radius 3 is 2.50 bits per heavy atom. The summed E-state index contributed by atoms with van der Waals surface area (Å²) in [6.45, 7) is 4.02. The molecule has 240 valence electrons. The van der Waals surface area contributed by atoms with Crippen LogP contribution < -0.4 is 21.3 Å². The van der Waals surface area contributed by atoms with E-state index >= 15 is 0 Å². The van der Waals surface area contributed by atoms with E-state index in [4.69, 9.17) is 0 Å². The largest absolute Gasteiger partial charge is 0.421 e. The fourth-order valence-corrected chi connectivity index (χ4v) is 5.44. The van der Waals surface area contributed by atoms with Crippen LogP contribution in [0.5, 0.6) is 0 Å². The summed E-state index contributed by atoms with van der Waals surface area (Å²) in [7, 11) is 1.44. The van der Waals surface area contributed by atoms with Crippen LogP contribution in [-0.4, -0.2) is 46.8 Å². The summed E-state index contributed by atoms with van der Waals surface area (Å²) in [5, 5.41) is 11.6. The molecule has 1 unspecified atom stereocenters. The van der Waals surface area contributed by atoms with Crippen LogP contribution in [0.25, 0.3) is 0 Å². The molecule has 3 aromatic carbocycles. The number of aromatic nitrogens is 2. The van der Waals surface area contributed by atoms with Crippen molar-refractivity contribution in [1.82, 2.24) is 20.2 Å². The summed E-state index contributed by atoms with van der Waals surface area (Å²) in [4.78, 5) is 34.4. The highest BCUT2D eigenvalue weighted by Gasteiger charge is 2.35. The van der Waals surface area contributed by atoms with Gasteiger partial charge < -0.3 is 26.2 Å². The number of nitrogens with zero attached hydrogens (tertiary/aromatic N) is 3. The standard InChI is InChI=1S/C34H36F3N7O2/c1-3-30(45)44-17-7-9-24(21-44)23-8-6-10-26(18-23)39-19-22-13-15-25(16-14-22)41-33-40-20-28(34(35,36)37)31(43-33)42-29-12-5-4-11-27(29)32(46)38-2/h4-6,8,10-16,18,20,24,39H,3,7,9,17,19,21H2,1-2H3,(H,38,46)(H2,40,41,42,43). The van der Waals surface area contributed by atoms with Crippen LogP contribution in [-0.2, 0) is 17.5 Å². The fourth-order valence-electron chi connectivity index (χ4n) is 5.44. The number of para-hydroxylation sites is 1. The number of piperidine rings is 1. The molecule has 5 rings (SSSR count). The molecule has 46 heavy (non-hydrogen) atoms. The molecule has 1 aromatic heterocycles. The van der Waals surface area contributed by atoms with Crippen LogP contribution in [0.3, 0.4) is 0 Å². The second-order valence-corrected chi connectivity index (χ2v) is 11.0. The number of halogens is 3. The second kappa shape index (κ2) is 14.3. The number of carbonyl (C=O) groups is 2. The van der Waals surface area contributed by atoms with E-state index < -0.39 is 23.5 Å². The molecule has 4 N–H and O–H groups in total. The molecule has 4 aromatic rings. The molecule has 1 aliphatic rings. The first kappa shape index (κ1) is 32.3. The Morgan fingerprint density at radius 2 is 1.76 bits per heavy atom. The summed E-state index contributed by atoms with van der Waals surface area (Å²) in [6, 6.07) is 21.9. The summed E-state index contributed by atoms with van der Waals surface area (Å²) in [5.41, 5.74) is 3.06. The van der Waals surface area contributed by atoms with Gasteiger partial charge in [0.05, 0.1) is 11.3 Å². The van der Waals surface area contributed by atoms with Crippen LogP contribution >= 0.6 is 0 Å². The highest BCUT2D eigenvalue weighted by Crippen LogP contribution is 2.36. The molecule has 0 radical (unpaired) electrons. The second-order valence-electron chi connectivity index (χ2n) is 11.0. The lowest BCUT2D eigenvalue weighted by atomic mass is 9.90. The van der Waals surface area contributed by atoms with Gasteiger partial charge in [-0.3, -0.25) is 9.59 Å². The van der Waals surface area contributed by atoms with Gasteiger partial charge in [0.15, 0.2) is 0 Å². The molecule has 2 heterocycles. The van der Waals surface area contributed by atoms with E-state index in [0.717, 1.165) is 37.2 Å². The molecule has 9 nitrogen and oxygen atoms in total. The number of likely N-dealkylation sites (tertiary alicyclic amines) is 1. The van der Waals surface area contributed by atoms with Gasteiger partial charge in [-0.15, -0.1) is 0 Å². The molecule has 1 aliphatic heterocycles. The molecular formula is C34H36F3N7O2. The van der Waals surface area contributed by atoms with Crippen molar-refractivity contribution >= 4 is 40.6 Å². The minimum atomic E-state index is -4.72. The molecule has 1 atom stereocenters. The molecular weight excluding hydrogens is 595 g/mol. The van der Waals surface area contributed by atoms with Crippen LogP contribution in [0, 0.1) is 0 Å². The average molecular weight is 632 g/mol. The van der Waals surface area contributed by atoms with Crippen LogP contribution in [0.15, 0.2) is 79.0 Å². The molecule has 2 amide bonds. The molecule has 12 heteroatoms. The van der Waals surface area contributed by atoms with Gasteiger partial charge in [-0.2, -0.15) is 18.2 Å². The van der Waals surface area contributed by atoms with Crippen molar-refractivity contribution in [3.8, 4) is 0 Å². The maximum absolute atomic E-state index is 13.8. The number of alkyl halides is 3. The Morgan fingerprint density at radius 1 is 0.978 bits per heavy atom. The highest BCUT2D eigenvalue weighted by atomic mass is 19.4. The number of rotatable bonds is 10. The average Bonchev–Trinajstić information content (AvgIpc) is 3.07. The van der Waals surface area contributed by atoms with Crippen molar-refractivity contribution in [3.05, 3.63) is 101 Å². The Bertz CT molecular complexity index is 1680. The Kier molecular flexibility index (Phi) is 10.0. The SMILES string of the molecule is CCC(=O)N1CCCC(c2cccc(NCc3ccc(Nc4ncc(C(F)(F)F)c(Nc5ccccc5C(=O)NC)n4)cc3)c2)C1. The number of carbonyl (C=O) groups excluding carboxylic acids is 2. The van der Waals surface area contributed by atoms with E-state index in [1.54, 1.807) is 24.3 Å². The quantitative estimate of drug-likeness (QED) is 0.148. The third-order valence-electron chi connectivity index (χ3n) is 7.89. The lowest BCUT2D eigenvalue weighted by Gasteiger charge is -2.33. The molecule has 1 fully saturated rings. The molecule has 1 saturated heterocycles. The third-order valence-corrected chi connectivity index (χ3v) is 7.89. The molecule has 0 aliphatic carbocycles. The van der Waals surface area contributed by atoms with Gasteiger partial charge in [-0.25, -0.2) is 4.98 Å². The number of anilines is 5. The molecule has 0 spiro atoms. The minimum Gasteiger partial charge on any atom is -0.381 e. The van der Waals surface area contributed by atoms with Gasteiger partial charge in [-0.05, 0) is 60.4 Å². The summed E-state index contributed by atoms with van der Waals surface area (Å²) in [5.74, 6) is -0.473. The van der Waals surface area contributed by atoms with Crippen molar-refractivity contribution in [3.63, 3.8) is 0 Å². The minimum absolute atomic E-state index is 0.0440. The maximum Gasteiger partial charge on any atom is 0.421 e. The van der Waals surface area contributed by atoms with E-state index in [-0.39, 0.29) is 23.1 Å². The molecule has 0 bridgehead atoms. The normalized spacial score (nSPS) is 14.8. The van der Waals surface area contributed by atoms with Crippen molar-refractivity contribution < 1.29 is 22.8 Å². The Labute approximate surface area is 265 Å². The summed E-state index contributed by atoms with van der Waals surface area (Å²) < 4.78 is 41.4. The monoisotopic (exact) mass is 631 g/mol. The number of benzene rings is 3. The Hall–Kier alpha value is -5.13. The zero-order chi connectivity index (χ0) is 32.7. The van der Waals surface area contributed by atoms with E-state index in [1.807, 2.05) is 36.1 Å². The van der Waals surface area contributed by atoms with Gasteiger partial charge in [0.2, 0.25) is 11.9 Å². The van der Waals surface area contributed by atoms with Crippen molar-refractivity contribution in [2.45, 2.75) is 44.8 Å². The van der Waals surface area contributed by atoms with Gasteiger partial charge in [0.25, 0.3) is 5.91 Å². The first-order valence-corrected chi connectivity index (χ1v) is 15.1. The van der Waals surface area contributed by atoms with Crippen LogP contribution in [0.1, 0.15) is 59.2 Å². The van der Waals surface area contributed by atoms with Crippen molar-refractivity contribution in [1.29, 1.82) is 0 Å². The van der Waals surface area contributed by atoms with Crippen LogP contribution in [0.2, 0.25) is 0 Å². The highest BCUT2D eigenvalue weighted by molar-refractivity contribution is 6.00. The maximum atomic E-state index is 13.8. The van der Waals surface area contributed by atoms with Gasteiger partial charge in [0, 0.05) is 56.6 Å². The lowest BCUT2D eigenvalue weighted by molar-refractivity contribution is -0.137. The Balaban J connectivity index is 1.25. The number of nitrogens with one attached hydrogen (secondary N) is 4. The smallest absolute Gasteiger partial charge is 0.381 e. The van der Waals surface area contributed by atoms with E-state index in [1.165, 1.54) is 24.7 Å². The predicted octanol–water partition coefficient (Wildman–Crippen LogP) is 7.07. The number of hydrogen-bond donors (Lipinski definition) is 4. The third kappa shape index (κ3) is 7.92. The zero-order valence-electron chi connectivity index (χ0n) is 25.6. The number of amides is 2. The lowest BCUT2D eigenvalue weighted by Crippen LogP contribution is -2.38. The zero-order valence-corrected chi connectivity index (χ0v) is 25.6. The first-order valence-electron chi connectivity index (χ1n) is 15.1. The first-order chi connectivity index (χ1) is 22.1. The summed E-state index contributed by atoms with van der Waals surface area (Å²) >= 11 is 0. The summed E-state index contributed by atoms with van der Waals surface area (Å²) in [6.07, 6.45) is -1.45. The van der Waals surface area contributed by atoms with E-state index in [2.05, 4.69) is 43.4 Å². The van der Waals surface area contributed by atoms with Crippen molar-refractivity contribution in [2.24, 2.45) is 0 Å². The molecule has 0 saturated carbocycles. The van der Waals surface area contributed by atoms with E-state index in [0.29, 0.717) is 30.8 Å². The van der Waals surface area contributed by atoms with Gasteiger partial charge >= 0.3 is 6.18 Å². The van der Waals surface area contributed by atoms with Gasteiger partial charge in [-0.1, -0.05) is 43.3 Å². The van der Waals surface area contributed by atoms with Crippen LogP contribution in [0.4, 0.5) is 42.0 Å².